The standard InChI is InChI=1S/C12H10F3NS/c1-16-5-9-2-7(6-17-9)12-10(14)3-8(13)4-11(12)15/h2-4,6,16H,5H2,1H3. The van der Waals surface area contributed by atoms with Crippen molar-refractivity contribution >= 4 is 11.3 Å². The Morgan fingerprint density at radius 1 is 1.12 bits per heavy atom. The highest BCUT2D eigenvalue weighted by Gasteiger charge is 2.14. The fourth-order valence-electron chi connectivity index (χ4n) is 1.60. The SMILES string of the molecule is CNCc1cc(-c2c(F)cc(F)cc2F)cs1. The molecule has 0 aliphatic carbocycles. The quantitative estimate of drug-likeness (QED) is 0.886. The van der Waals surface area contributed by atoms with Gasteiger partial charge >= 0.3 is 0 Å². The summed E-state index contributed by atoms with van der Waals surface area (Å²) in [5.41, 5.74) is 0.264. The van der Waals surface area contributed by atoms with Gasteiger partial charge in [-0.3, -0.25) is 0 Å². The maximum atomic E-state index is 13.5. The van der Waals surface area contributed by atoms with Crippen LogP contribution in [0.2, 0.25) is 0 Å². The van der Waals surface area contributed by atoms with E-state index in [1.54, 1.807) is 18.5 Å². The predicted octanol–water partition coefficient (Wildman–Crippen LogP) is 3.55. The van der Waals surface area contributed by atoms with Crippen LogP contribution in [0.5, 0.6) is 0 Å². The van der Waals surface area contributed by atoms with Crippen LogP contribution in [0.25, 0.3) is 11.1 Å². The predicted molar refractivity (Wildman–Crippen MR) is 62.4 cm³/mol. The van der Waals surface area contributed by atoms with Gasteiger partial charge in [-0.25, -0.2) is 13.2 Å². The summed E-state index contributed by atoms with van der Waals surface area (Å²) in [5.74, 6) is -2.66. The molecule has 0 atom stereocenters. The Labute approximate surface area is 101 Å². The zero-order valence-electron chi connectivity index (χ0n) is 9.06. The van der Waals surface area contributed by atoms with Crippen molar-refractivity contribution in [3.8, 4) is 11.1 Å². The number of thiophene rings is 1. The highest BCUT2D eigenvalue weighted by molar-refractivity contribution is 7.10. The van der Waals surface area contributed by atoms with Gasteiger partial charge in [0, 0.05) is 23.6 Å². The van der Waals surface area contributed by atoms with Gasteiger partial charge in [-0.1, -0.05) is 0 Å². The molecule has 1 heterocycles. The second kappa shape index (κ2) is 4.89. The lowest BCUT2D eigenvalue weighted by Crippen LogP contribution is -2.02. The van der Waals surface area contributed by atoms with Gasteiger partial charge in [-0.05, 0) is 24.1 Å². The third kappa shape index (κ3) is 2.50. The fraction of sp³-hybridized carbons (Fsp3) is 0.167. The second-order valence-electron chi connectivity index (χ2n) is 3.58. The van der Waals surface area contributed by atoms with Crippen LogP contribution in [-0.2, 0) is 6.54 Å². The molecule has 0 amide bonds. The maximum absolute atomic E-state index is 13.5. The summed E-state index contributed by atoms with van der Waals surface area (Å²) in [6.45, 7) is 0.634. The van der Waals surface area contributed by atoms with Crippen molar-refractivity contribution in [1.82, 2.24) is 5.32 Å². The van der Waals surface area contributed by atoms with Crippen LogP contribution in [0, 0.1) is 17.5 Å². The van der Waals surface area contributed by atoms with E-state index in [0.717, 1.165) is 4.88 Å². The molecule has 90 valence electrons. The molecule has 0 radical (unpaired) electrons. The zero-order chi connectivity index (χ0) is 12.4. The largest absolute Gasteiger partial charge is 0.315 e. The summed E-state index contributed by atoms with van der Waals surface area (Å²) in [6, 6.07) is 3.07. The Hall–Kier alpha value is -1.33. The van der Waals surface area contributed by atoms with Crippen molar-refractivity contribution < 1.29 is 13.2 Å². The summed E-state index contributed by atoms with van der Waals surface area (Å²) in [4.78, 5) is 0.964. The Bertz CT molecular complexity index is 513. The minimum atomic E-state index is -0.908. The zero-order valence-corrected chi connectivity index (χ0v) is 9.88. The number of benzene rings is 1. The number of hydrogen-bond donors (Lipinski definition) is 1. The summed E-state index contributed by atoms with van der Waals surface area (Å²) >= 11 is 1.40. The molecule has 2 rings (SSSR count). The second-order valence-corrected chi connectivity index (χ2v) is 4.57. The lowest BCUT2D eigenvalue weighted by molar-refractivity contribution is 0.548. The van der Waals surface area contributed by atoms with E-state index < -0.39 is 17.5 Å². The maximum Gasteiger partial charge on any atom is 0.136 e. The fourth-order valence-corrected chi connectivity index (χ4v) is 2.48. The molecule has 0 saturated heterocycles. The van der Waals surface area contributed by atoms with Crippen LogP contribution in [0.1, 0.15) is 4.88 Å². The molecule has 1 nitrogen and oxygen atoms in total. The average molecular weight is 257 g/mol. The molecule has 0 spiro atoms. The van der Waals surface area contributed by atoms with E-state index in [1.165, 1.54) is 11.3 Å². The van der Waals surface area contributed by atoms with Gasteiger partial charge in [0.2, 0.25) is 0 Å². The molecule has 1 aromatic heterocycles. The van der Waals surface area contributed by atoms with Gasteiger partial charge in [0.1, 0.15) is 17.5 Å². The normalized spacial score (nSPS) is 10.8. The van der Waals surface area contributed by atoms with Crippen molar-refractivity contribution in [3.63, 3.8) is 0 Å². The Kier molecular flexibility index (Phi) is 3.49. The first-order valence-corrected chi connectivity index (χ1v) is 5.86. The van der Waals surface area contributed by atoms with Crippen LogP contribution < -0.4 is 5.32 Å². The minimum absolute atomic E-state index is 0.176. The third-order valence-corrected chi connectivity index (χ3v) is 3.24. The Morgan fingerprint density at radius 3 is 2.35 bits per heavy atom. The van der Waals surface area contributed by atoms with E-state index in [9.17, 15) is 13.2 Å². The van der Waals surface area contributed by atoms with Gasteiger partial charge in [0.15, 0.2) is 0 Å². The van der Waals surface area contributed by atoms with Gasteiger partial charge in [-0.15, -0.1) is 11.3 Å². The summed E-state index contributed by atoms with van der Waals surface area (Å²) in [7, 11) is 1.79. The first-order valence-electron chi connectivity index (χ1n) is 4.98. The molecule has 0 aliphatic heterocycles. The minimum Gasteiger partial charge on any atom is -0.315 e. The molecule has 5 heteroatoms. The molecular formula is C12H10F3NS. The molecule has 2 aromatic rings. The van der Waals surface area contributed by atoms with E-state index in [1.807, 2.05) is 0 Å². The van der Waals surface area contributed by atoms with Crippen molar-refractivity contribution in [2.24, 2.45) is 0 Å². The molecule has 0 saturated carbocycles. The highest BCUT2D eigenvalue weighted by atomic mass is 32.1. The summed E-state index contributed by atoms with van der Waals surface area (Å²) < 4.78 is 39.8. The smallest absolute Gasteiger partial charge is 0.136 e. The number of nitrogens with one attached hydrogen (secondary N) is 1. The van der Waals surface area contributed by atoms with Gasteiger partial charge in [0.05, 0.1) is 5.56 Å². The molecular weight excluding hydrogens is 247 g/mol. The first-order chi connectivity index (χ1) is 8.11. The molecule has 1 N–H and O–H groups in total. The van der Waals surface area contributed by atoms with E-state index >= 15 is 0 Å². The number of hydrogen-bond acceptors (Lipinski definition) is 2. The van der Waals surface area contributed by atoms with Crippen LogP contribution >= 0.6 is 11.3 Å². The van der Waals surface area contributed by atoms with E-state index in [2.05, 4.69) is 5.32 Å². The number of halogens is 3. The first kappa shape index (κ1) is 12.1. The Balaban J connectivity index is 2.45. The van der Waals surface area contributed by atoms with Crippen LogP contribution in [-0.4, -0.2) is 7.05 Å². The van der Waals surface area contributed by atoms with Gasteiger partial charge in [-0.2, -0.15) is 0 Å². The monoisotopic (exact) mass is 257 g/mol. The van der Waals surface area contributed by atoms with E-state index in [-0.39, 0.29) is 5.56 Å². The molecule has 1 aromatic carbocycles. The van der Waals surface area contributed by atoms with E-state index in [4.69, 9.17) is 0 Å². The van der Waals surface area contributed by atoms with Crippen LogP contribution in [0.15, 0.2) is 23.6 Å². The summed E-state index contributed by atoms with van der Waals surface area (Å²) in [5, 5.41) is 4.61. The van der Waals surface area contributed by atoms with Gasteiger partial charge < -0.3 is 5.32 Å². The average Bonchev–Trinajstić information content (AvgIpc) is 2.65. The molecule has 0 fully saturated rings. The molecule has 0 bridgehead atoms. The van der Waals surface area contributed by atoms with Crippen molar-refractivity contribution in [3.05, 3.63) is 45.9 Å². The van der Waals surface area contributed by atoms with Crippen molar-refractivity contribution in [2.45, 2.75) is 6.54 Å². The van der Waals surface area contributed by atoms with Crippen molar-refractivity contribution in [1.29, 1.82) is 0 Å². The lowest BCUT2D eigenvalue weighted by Gasteiger charge is -2.02. The van der Waals surface area contributed by atoms with Gasteiger partial charge in [0.25, 0.3) is 0 Å². The topological polar surface area (TPSA) is 12.0 Å². The van der Waals surface area contributed by atoms with E-state index in [0.29, 0.717) is 24.2 Å². The number of rotatable bonds is 3. The molecule has 17 heavy (non-hydrogen) atoms. The summed E-state index contributed by atoms with van der Waals surface area (Å²) in [6.07, 6.45) is 0. The highest BCUT2D eigenvalue weighted by Crippen LogP contribution is 2.30. The van der Waals surface area contributed by atoms with Crippen LogP contribution in [0.3, 0.4) is 0 Å². The van der Waals surface area contributed by atoms with Crippen LogP contribution in [0.4, 0.5) is 13.2 Å². The Morgan fingerprint density at radius 2 is 1.76 bits per heavy atom. The molecule has 0 aliphatic rings. The third-order valence-electron chi connectivity index (χ3n) is 2.30. The lowest BCUT2D eigenvalue weighted by atomic mass is 10.1. The van der Waals surface area contributed by atoms with Crippen molar-refractivity contribution in [2.75, 3.05) is 7.05 Å². The molecule has 0 unspecified atom stereocenters.